The van der Waals surface area contributed by atoms with Gasteiger partial charge in [0.15, 0.2) is 17.5 Å². The molecule has 7 heteroatoms. The summed E-state index contributed by atoms with van der Waals surface area (Å²) >= 11 is 0. The summed E-state index contributed by atoms with van der Waals surface area (Å²) < 4.78 is 16.3. The van der Waals surface area contributed by atoms with Crippen LogP contribution in [0.25, 0.3) is 0 Å². The molecule has 0 radical (unpaired) electrons. The van der Waals surface area contributed by atoms with Crippen molar-refractivity contribution in [3.8, 4) is 11.5 Å². The second-order valence-electron chi connectivity index (χ2n) is 5.83. The van der Waals surface area contributed by atoms with Crippen LogP contribution < -0.4 is 20.1 Å². The van der Waals surface area contributed by atoms with Crippen LogP contribution in [-0.2, 0) is 11.3 Å². The van der Waals surface area contributed by atoms with Crippen molar-refractivity contribution in [3.63, 3.8) is 0 Å². The Morgan fingerprint density at radius 3 is 2.88 bits per heavy atom. The van der Waals surface area contributed by atoms with Crippen LogP contribution >= 0.6 is 24.0 Å². The summed E-state index contributed by atoms with van der Waals surface area (Å²) in [6, 6.07) is 5.92. The molecule has 0 saturated heterocycles. The fourth-order valence-electron chi connectivity index (χ4n) is 2.33. The molecule has 1 aliphatic carbocycles. The van der Waals surface area contributed by atoms with E-state index in [2.05, 4.69) is 22.5 Å². The molecule has 1 heterocycles. The van der Waals surface area contributed by atoms with Gasteiger partial charge >= 0.3 is 0 Å². The topological polar surface area (TPSA) is 64.1 Å². The van der Waals surface area contributed by atoms with E-state index in [0.717, 1.165) is 48.6 Å². The maximum atomic E-state index is 5.62. The average molecular weight is 447 g/mol. The Bertz CT molecular complexity index is 550. The molecule has 0 atom stereocenters. The van der Waals surface area contributed by atoms with E-state index in [1.807, 2.05) is 18.2 Å². The van der Waals surface area contributed by atoms with Crippen molar-refractivity contribution in [2.45, 2.75) is 26.3 Å². The molecule has 1 aromatic carbocycles. The van der Waals surface area contributed by atoms with Crippen LogP contribution in [0, 0.1) is 5.92 Å². The van der Waals surface area contributed by atoms with Gasteiger partial charge in [-0.3, -0.25) is 0 Å². The van der Waals surface area contributed by atoms with E-state index in [4.69, 9.17) is 14.2 Å². The van der Waals surface area contributed by atoms with Gasteiger partial charge < -0.3 is 24.8 Å². The van der Waals surface area contributed by atoms with E-state index >= 15 is 0 Å². The minimum atomic E-state index is 0. The monoisotopic (exact) mass is 447 g/mol. The molecule has 0 bridgehead atoms. The SMILES string of the molecule is CCNC(=NCc1ccc2c(c1)OCO2)NCCOCC1CC1.I. The number of hydrogen-bond donors (Lipinski definition) is 2. The van der Waals surface area contributed by atoms with Crippen LogP contribution in [0.1, 0.15) is 25.3 Å². The number of benzene rings is 1. The number of hydrogen-bond acceptors (Lipinski definition) is 4. The third-order valence-electron chi connectivity index (χ3n) is 3.79. The number of rotatable bonds is 8. The van der Waals surface area contributed by atoms with E-state index in [9.17, 15) is 0 Å². The first-order valence-electron chi connectivity index (χ1n) is 8.33. The number of aliphatic imine (C=N–C) groups is 1. The van der Waals surface area contributed by atoms with Crippen molar-refractivity contribution in [2.75, 3.05) is 33.1 Å². The molecule has 24 heavy (non-hydrogen) atoms. The van der Waals surface area contributed by atoms with Gasteiger partial charge in [0, 0.05) is 19.7 Å². The van der Waals surface area contributed by atoms with Gasteiger partial charge in [0.2, 0.25) is 6.79 Å². The molecule has 2 aliphatic rings. The molecule has 0 unspecified atom stereocenters. The number of nitrogens with one attached hydrogen (secondary N) is 2. The first-order valence-corrected chi connectivity index (χ1v) is 8.33. The predicted octanol–water partition coefficient (Wildman–Crippen LogP) is 2.52. The molecule has 2 N–H and O–H groups in total. The van der Waals surface area contributed by atoms with Crippen molar-refractivity contribution in [3.05, 3.63) is 23.8 Å². The van der Waals surface area contributed by atoms with E-state index in [-0.39, 0.29) is 24.0 Å². The van der Waals surface area contributed by atoms with Crippen molar-refractivity contribution in [1.82, 2.24) is 10.6 Å². The molecular weight excluding hydrogens is 421 g/mol. The first-order chi connectivity index (χ1) is 11.3. The first kappa shape index (κ1) is 19.1. The van der Waals surface area contributed by atoms with Crippen LogP contribution in [0.15, 0.2) is 23.2 Å². The third-order valence-corrected chi connectivity index (χ3v) is 3.79. The summed E-state index contributed by atoms with van der Waals surface area (Å²) in [5, 5.41) is 6.54. The fraction of sp³-hybridized carbons (Fsp3) is 0.588. The number of nitrogens with zero attached hydrogens (tertiary/aromatic N) is 1. The third kappa shape index (κ3) is 6.01. The number of fused-ring (bicyclic) bond motifs is 1. The molecule has 1 aromatic rings. The van der Waals surface area contributed by atoms with Gasteiger partial charge in [-0.15, -0.1) is 24.0 Å². The minimum absolute atomic E-state index is 0. The maximum Gasteiger partial charge on any atom is 0.231 e. The van der Waals surface area contributed by atoms with Gasteiger partial charge in [0.1, 0.15) is 0 Å². The molecule has 134 valence electrons. The Hall–Kier alpha value is -1.22. The summed E-state index contributed by atoms with van der Waals surface area (Å²) in [5.74, 6) is 3.21. The average Bonchev–Trinajstić information content (AvgIpc) is 3.27. The van der Waals surface area contributed by atoms with Gasteiger partial charge in [-0.2, -0.15) is 0 Å². The van der Waals surface area contributed by atoms with Crippen LogP contribution in [0.3, 0.4) is 0 Å². The number of guanidine groups is 1. The molecule has 1 saturated carbocycles. The standard InChI is InChI=1S/C17H25N3O3.HI/c1-2-18-17(19-7-8-21-11-13-3-4-13)20-10-14-5-6-15-16(9-14)23-12-22-15;/h5-6,9,13H,2-4,7-8,10-12H2,1H3,(H2,18,19,20);1H. The highest BCUT2D eigenvalue weighted by molar-refractivity contribution is 14.0. The molecule has 6 nitrogen and oxygen atoms in total. The lowest BCUT2D eigenvalue weighted by atomic mass is 10.2. The Kier molecular flexibility index (Phi) is 7.90. The molecule has 0 aromatic heterocycles. The largest absolute Gasteiger partial charge is 0.454 e. The van der Waals surface area contributed by atoms with Crippen LogP contribution in [-0.4, -0.2) is 39.1 Å². The lowest BCUT2D eigenvalue weighted by Crippen LogP contribution is -2.39. The van der Waals surface area contributed by atoms with Crippen molar-refractivity contribution < 1.29 is 14.2 Å². The van der Waals surface area contributed by atoms with Crippen LogP contribution in [0.5, 0.6) is 11.5 Å². The second-order valence-corrected chi connectivity index (χ2v) is 5.83. The molecule has 0 amide bonds. The predicted molar refractivity (Wildman–Crippen MR) is 104 cm³/mol. The Balaban J connectivity index is 0.00000208. The zero-order valence-corrected chi connectivity index (χ0v) is 16.4. The molecular formula is C17H26IN3O3. The smallest absolute Gasteiger partial charge is 0.231 e. The highest BCUT2D eigenvalue weighted by Gasteiger charge is 2.20. The lowest BCUT2D eigenvalue weighted by molar-refractivity contribution is 0.129. The van der Waals surface area contributed by atoms with Crippen LogP contribution in [0.4, 0.5) is 0 Å². The zero-order valence-electron chi connectivity index (χ0n) is 14.0. The summed E-state index contributed by atoms with van der Waals surface area (Å²) in [4.78, 5) is 4.60. The van der Waals surface area contributed by atoms with Gasteiger partial charge in [-0.05, 0) is 43.4 Å². The zero-order chi connectivity index (χ0) is 15.9. The van der Waals surface area contributed by atoms with Crippen molar-refractivity contribution in [1.29, 1.82) is 0 Å². The van der Waals surface area contributed by atoms with Crippen molar-refractivity contribution >= 4 is 29.9 Å². The van der Waals surface area contributed by atoms with E-state index in [1.165, 1.54) is 12.8 Å². The highest BCUT2D eigenvalue weighted by Crippen LogP contribution is 2.32. The number of halogens is 1. The highest BCUT2D eigenvalue weighted by atomic mass is 127. The lowest BCUT2D eigenvalue weighted by Gasteiger charge is -2.11. The summed E-state index contributed by atoms with van der Waals surface area (Å²) in [6.45, 7) is 6.15. The Morgan fingerprint density at radius 1 is 1.25 bits per heavy atom. The second kappa shape index (κ2) is 9.93. The van der Waals surface area contributed by atoms with Gasteiger partial charge in [0.05, 0.1) is 13.2 Å². The molecule has 1 fully saturated rings. The minimum Gasteiger partial charge on any atom is -0.454 e. The summed E-state index contributed by atoms with van der Waals surface area (Å²) in [5.41, 5.74) is 1.09. The maximum absolute atomic E-state index is 5.62. The quantitative estimate of drug-likeness (QED) is 0.278. The fourth-order valence-corrected chi connectivity index (χ4v) is 2.33. The van der Waals surface area contributed by atoms with Gasteiger partial charge in [-0.25, -0.2) is 4.99 Å². The summed E-state index contributed by atoms with van der Waals surface area (Å²) in [7, 11) is 0. The number of ether oxygens (including phenoxy) is 3. The summed E-state index contributed by atoms with van der Waals surface area (Å²) in [6.07, 6.45) is 2.65. The van der Waals surface area contributed by atoms with E-state index in [0.29, 0.717) is 19.9 Å². The molecule has 1 aliphatic heterocycles. The van der Waals surface area contributed by atoms with Crippen LogP contribution in [0.2, 0.25) is 0 Å². The van der Waals surface area contributed by atoms with Gasteiger partial charge in [0.25, 0.3) is 0 Å². The van der Waals surface area contributed by atoms with Gasteiger partial charge in [-0.1, -0.05) is 6.07 Å². The normalized spacial score (nSPS) is 15.8. The van der Waals surface area contributed by atoms with E-state index < -0.39 is 0 Å². The van der Waals surface area contributed by atoms with E-state index in [1.54, 1.807) is 0 Å². The Labute approximate surface area is 160 Å². The molecule has 0 spiro atoms. The molecule has 3 rings (SSSR count). The van der Waals surface area contributed by atoms with Crippen molar-refractivity contribution in [2.24, 2.45) is 10.9 Å². The Morgan fingerprint density at radius 2 is 2.08 bits per heavy atom.